The predicted molar refractivity (Wildman–Crippen MR) is 118 cm³/mol. The van der Waals surface area contributed by atoms with Crippen LogP contribution in [0.25, 0.3) is 11.6 Å². The highest BCUT2D eigenvalue weighted by atomic mass is 79.9. The molecule has 0 atom stereocenters. The number of nitrogens with zero attached hydrogens (tertiary/aromatic N) is 1. The second-order valence-electron chi connectivity index (χ2n) is 6.22. The molecule has 0 aliphatic carbocycles. The molecule has 3 aromatic rings. The quantitative estimate of drug-likeness (QED) is 0.242. The van der Waals surface area contributed by atoms with Gasteiger partial charge in [-0.1, -0.05) is 63.4 Å². The van der Waals surface area contributed by atoms with E-state index in [1.807, 2.05) is 31.2 Å². The first-order chi connectivity index (χ1) is 13.8. The molecule has 3 aromatic carbocycles. The van der Waals surface area contributed by atoms with Crippen molar-refractivity contribution in [3.8, 4) is 11.8 Å². The Labute approximate surface area is 183 Å². The van der Waals surface area contributed by atoms with Crippen molar-refractivity contribution in [2.45, 2.75) is 11.8 Å². The summed E-state index contributed by atoms with van der Waals surface area (Å²) in [4.78, 5) is 0.0464. The normalized spacial score (nSPS) is 11.7. The molecule has 0 saturated heterocycles. The van der Waals surface area contributed by atoms with Gasteiger partial charge < -0.3 is 4.18 Å². The van der Waals surface area contributed by atoms with Crippen LogP contribution in [0, 0.1) is 18.3 Å². The van der Waals surface area contributed by atoms with Crippen LogP contribution in [0.4, 0.5) is 0 Å². The van der Waals surface area contributed by atoms with Crippen molar-refractivity contribution >= 4 is 49.3 Å². The van der Waals surface area contributed by atoms with Gasteiger partial charge in [0.25, 0.3) is 0 Å². The average molecular weight is 489 g/mol. The Hall–Kier alpha value is -2.59. The van der Waals surface area contributed by atoms with Crippen LogP contribution in [0.2, 0.25) is 5.02 Å². The molecule has 0 radical (unpaired) electrons. The number of rotatable bonds is 5. The Balaban J connectivity index is 1.87. The molecule has 0 bridgehead atoms. The van der Waals surface area contributed by atoms with Crippen molar-refractivity contribution in [2.75, 3.05) is 0 Å². The van der Waals surface area contributed by atoms with Crippen molar-refractivity contribution in [2.24, 2.45) is 0 Å². The lowest BCUT2D eigenvalue weighted by Crippen LogP contribution is -2.10. The molecule has 29 heavy (non-hydrogen) atoms. The van der Waals surface area contributed by atoms with E-state index >= 15 is 0 Å². The van der Waals surface area contributed by atoms with Gasteiger partial charge in [0.05, 0.1) is 16.7 Å². The lowest BCUT2D eigenvalue weighted by molar-refractivity contribution is 0.486. The summed E-state index contributed by atoms with van der Waals surface area (Å²) in [5, 5.41) is 9.59. The topological polar surface area (TPSA) is 67.2 Å². The van der Waals surface area contributed by atoms with Gasteiger partial charge in [0.2, 0.25) is 0 Å². The van der Waals surface area contributed by atoms with Crippen LogP contribution in [-0.4, -0.2) is 8.42 Å². The molecule has 3 rings (SSSR count). The van der Waals surface area contributed by atoms with Crippen molar-refractivity contribution in [1.29, 1.82) is 5.26 Å². The highest BCUT2D eigenvalue weighted by Gasteiger charge is 2.18. The van der Waals surface area contributed by atoms with Gasteiger partial charge in [-0.05, 0) is 60.5 Å². The zero-order valence-electron chi connectivity index (χ0n) is 15.3. The third kappa shape index (κ3) is 5.27. The summed E-state index contributed by atoms with van der Waals surface area (Å²) in [6.45, 7) is 1.87. The Morgan fingerprint density at radius 3 is 2.31 bits per heavy atom. The number of aryl methyl sites for hydroxylation is 1. The maximum absolute atomic E-state index is 12.4. The summed E-state index contributed by atoms with van der Waals surface area (Å²) in [7, 11) is -4.00. The van der Waals surface area contributed by atoms with E-state index in [4.69, 9.17) is 15.8 Å². The van der Waals surface area contributed by atoms with Gasteiger partial charge in [0, 0.05) is 4.47 Å². The van der Waals surface area contributed by atoms with Crippen molar-refractivity contribution in [3.05, 3.63) is 92.9 Å². The molecule has 4 nitrogen and oxygen atoms in total. The Bertz CT molecular complexity index is 1210. The molecule has 0 aromatic heterocycles. The molecular formula is C22H15BrClNO3S. The van der Waals surface area contributed by atoms with Gasteiger partial charge in [-0.15, -0.1) is 0 Å². The van der Waals surface area contributed by atoms with Crippen LogP contribution in [0.15, 0.2) is 76.1 Å². The minimum Gasteiger partial charge on any atom is -0.377 e. The SMILES string of the molecule is Cc1ccc(S(=O)(=O)Oc2ccc(/C=C(\C#N)c3ccc(Br)cc3)cc2Cl)cc1. The van der Waals surface area contributed by atoms with Crippen LogP contribution in [-0.2, 0) is 10.1 Å². The number of nitriles is 1. The Kier molecular flexibility index (Phi) is 6.43. The summed E-state index contributed by atoms with van der Waals surface area (Å²) in [6, 6.07) is 20.5. The second kappa shape index (κ2) is 8.83. The zero-order chi connectivity index (χ0) is 21.0. The largest absolute Gasteiger partial charge is 0.377 e. The van der Waals surface area contributed by atoms with Gasteiger partial charge in [-0.25, -0.2) is 0 Å². The molecule has 0 N–H and O–H groups in total. The minimum atomic E-state index is -4.00. The third-order valence-corrected chi connectivity index (χ3v) is 6.12. The Morgan fingerprint density at radius 2 is 1.72 bits per heavy atom. The first-order valence-corrected chi connectivity index (χ1v) is 11.0. The number of benzene rings is 3. The average Bonchev–Trinajstić information content (AvgIpc) is 2.69. The molecule has 0 amide bonds. The van der Waals surface area contributed by atoms with E-state index in [0.29, 0.717) is 11.1 Å². The molecule has 0 heterocycles. The summed E-state index contributed by atoms with van der Waals surface area (Å²) >= 11 is 9.60. The maximum atomic E-state index is 12.4. The van der Waals surface area contributed by atoms with Crippen molar-refractivity contribution < 1.29 is 12.6 Å². The number of allylic oxidation sites excluding steroid dienone is 1. The summed E-state index contributed by atoms with van der Waals surface area (Å²) in [6.07, 6.45) is 1.67. The van der Waals surface area contributed by atoms with E-state index in [2.05, 4.69) is 22.0 Å². The second-order valence-corrected chi connectivity index (χ2v) is 9.09. The van der Waals surface area contributed by atoms with E-state index in [1.54, 1.807) is 30.3 Å². The molecule has 0 aliphatic rings. The lowest BCUT2D eigenvalue weighted by Gasteiger charge is -2.09. The van der Waals surface area contributed by atoms with Crippen molar-refractivity contribution in [3.63, 3.8) is 0 Å². The maximum Gasteiger partial charge on any atom is 0.339 e. The van der Waals surface area contributed by atoms with Crippen LogP contribution in [0.1, 0.15) is 16.7 Å². The highest BCUT2D eigenvalue weighted by molar-refractivity contribution is 9.10. The van der Waals surface area contributed by atoms with Crippen LogP contribution in [0.5, 0.6) is 5.75 Å². The minimum absolute atomic E-state index is 0.0199. The lowest BCUT2D eigenvalue weighted by atomic mass is 10.0. The smallest absolute Gasteiger partial charge is 0.339 e. The third-order valence-electron chi connectivity index (χ3n) is 4.05. The molecule has 0 fully saturated rings. The van der Waals surface area contributed by atoms with E-state index in [9.17, 15) is 13.7 Å². The van der Waals surface area contributed by atoms with Gasteiger partial charge in [-0.2, -0.15) is 13.7 Å². The van der Waals surface area contributed by atoms with Crippen LogP contribution >= 0.6 is 27.5 Å². The zero-order valence-corrected chi connectivity index (χ0v) is 18.4. The van der Waals surface area contributed by atoms with E-state index in [1.165, 1.54) is 18.2 Å². The fraction of sp³-hybridized carbons (Fsp3) is 0.0455. The monoisotopic (exact) mass is 487 g/mol. The van der Waals surface area contributed by atoms with Crippen LogP contribution in [0.3, 0.4) is 0 Å². The Morgan fingerprint density at radius 1 is 1.07 bits per heavy atom. The van der Waals surface area contributed by atoms with Gasteiger partial charge >= 0.3 is 10.1 Å². The van der Waals surface area contributed by atoms with E-state index in [0.717, 1.165) is 15.6 Å². The van der Waals surface area contributed by atoms with Gasteiger partial charge in [0.1, 0.15) is 4.90 Å². The summed E-state index contributed by atoms with van der Waals surface area (Å²) < 4.78 is 31.0. The first kappa shape index (κ1) is 21.1. The molecule has 0 saturated carbocycles. The van der Waals surface area contributed by atoms with Gasteiger partial charge in [-0.3, -0.25) is 0 Å². The standard InChI is InChI=1S/C22H15BrClNO3S/c1-15-2-9-20(10-3-15)29(26,27)28-22-11-4-16(13-21(22)24)12-18(14-25)17-5-7-19(23)8-6-17/h2-13H,1H3/b18-12+. The number of hydrogen-bond acceptors (Lipinski definition) is 4. The molecule has 7 heteroatoms. The van der Waals surface area contributed by atoms with Crippen molar-refractivity contribution in [1.82, 2.24) is 0 Å². The summed E-state index contributed by atoms with van der Waals surface area (Å²) in [5.41, 5.74) is 2.80. The number of hydrogen-bond donors (Lipinski definition) is 0. The van der Waals surface area contributed by atoms with Crippen LogP contribution < -0.4 is 4.18 Å². The summed E-state index contributed by atoms with van der Waals surface area (Å²) in [5.74, 6) is 0.0199. The van der Waals surface area contributed by atoms with E-state index in [-0.39, 0.29) is 15.7 Å². The highest BCUT2D eigenvalue weighted by Crippen LogP contribution is 2.30. The molecule has 146 valence electrons. The van der Waals surface area contributed by atoms with E-state index < -0.39 is 10.1 Å². The molecular weight excluding hydrogens is 474 g/mol. The fourth-order valence-electron chi connectivity index (χ4n) is 2.52. The number of halogens is 2. The molecule has 0 aliphatic heterocycles. The molecule has 0 unspecified atom stereocenters. The predicted octanol–water partition coefficient (Wildman–Crippen LogP) is 6.24. The fourth-order valence-corrected chi connectivity index (χ4v) is 4.01. The first-order valence-electron chi connectivity index (χ1n) is 8.47. The molecule has 0 spiro atoms. The van der Waals surface area contributed by atoms with Gasteiger partial charge in [0.15, 0.2) is 5.75 Å².